The van der Waals surface area contributed by atoms with E-state index in [1.54, 1.807) is 0 Å². The van der Waals surface area contributed by atoms with Gasteiger partial charge >= 0.3 is 0 Å². The molecule has 0 aromatic carbocycles. The molecule has 1 N–H and O–H groups in total. The zero-order valence-corrected chi connectivity index (χ0v) is 11.4. The lowest BCUT2D eigenvalue weighted by molar-refractivity contribution is 0.0810. The second-order valence-corrected chi connectivity index (χ2v) is 6.40. The molecule has 2 aliphatic rings. The summed E-state index contributed by atoms with van der Waals surface area (Å²) < 4.78 is 0. The SMILES string of the molecule is OC(CCC1CCCCC1)C1CCCCCC1. The van der Waals surface area contributed by atoms with Crippen molar-refractivity contribution in [3.63, 3.8) is 0 Å². The van der Waals surface area contributed by atoms with Gasteiger partial charge in [-0.2, -0.15) is 0 Å². The maximum atomic E-state index is 10.3. The molecule has 0 spiro atoms. The van der Waals surface area contributed by atoms with Crippen molar-refractivity contribution < 1.29 is 5.11 Å². The topological polar surface area (TPSA) is 20.2 Å². The summed E-state index contributed by atoms with van der Waals surface area (Å²) in [6.45, 7) is 0. The molecule has 0 radical (unpaired) electrons. The van der Waals surface area contributed by atoms with Gasteiger partial charge in [0, 0.05) is 0 Å². The normalized spacial score (nSPS) is 26.6. The molecule has 1 nitrogen and oxygen atoms in total. The molecule has 0 saturated heterocycles. The van der Waals surface area contributed by atoms with E-state index < -0.39 is 0 Å². The molecule has 2 rings (SSSR count). The van der Waals surface area contributed by atoms with Crippen LogP contribution < -0.4 is 0 Å². The Morgan fingerprint density at radius 3 is 1.94 bits per heavy atom. The van der Waals surface area contributed by atoms with Crippen molar-refractivity contribution in [3.05, 3.63) is 0 Å². The van der Waals surface area contributed by atoms with Crippen molar-refractivity contribution in [3.8, 4) is 0 Å². The van der Waals surface area contributed by atoms with E-state index in [0.717, 1.165) is 12.3 Å². The van der Waals surface area contributed by atoms with Crippen molar-refractivity contribution in [2.75, 3.05) is 0 Å². The monoisotopic (exact) mass is 238 g/mol. The minimum Gasteiger partial charge on any atom is -0.393 e. The Kier molecular flexibility index (Phi) is 5.84. The summed E-state index contributed by atoms with van der Waals surface area (Å²) >= 11 is 0. The van der Waals surface area contributed by atoms with E-state index in [9.17, 15) is 5.11 Å². The molecular formula is C16H30O. The van der Waals surface area contributed by atoms with Gasteiger partial charge in [-0.15, -0.1) is 0 Å². The highest BCUT2D eigenvalue weighted by Crippen LogP contribution is 2.31. The predicted molar refractivity (Wildman–Crippen MR) is 73.0 cm³/mol. The van der Waals surface area contributed by atoms with E-state index in [0.29, 0.717) is 5.92 Å². The van der Waals surface area contributed by atoms with Gasteiger partial charge in [0.25, 0.3) is 0 Å². The zero-order chi connectivity index (χ0) is 11.9. The van der Waals surface area contributed by atoms with Crippen LogP contribution in [0.3, 0.4) is 0 Å². The molecule has 1 atom stereocenters. The molecule has 0 heterocycles. The Bertz CT molecular complexity index is 188. The molecule has 0 aliphatic heterocycles. The zero-order valence-electron chi connectivity index (χ0n) is 11.4. The first-order valence-electron chi connectivity index (χ1n) is 8.04. The van der Waals surface area contributed by atoms with Gasteiger partial charge in [0.15, 0.2) is 0 Å². The summed E-state index contributed by atoms with van der Waals surface area (Å²) in [4.78, 5) is 0. The Balaban J connectivity index is 1.66. The number of aliphatic hydroxyl groups excluding tert-OH is 1. The molecule has 0 amide bonds. The average Bonchev–Trinajstić information content (AvgIpc) is 2.66. The first-order valence-corrected chi connectivity index (χ1v) is 8.04. The summed E-state index contributed by atoms with van der Waals surface area (Å²) in [6, 6.07) is 0. The fourth-order valence-corrected chi connectivity index (χ4v) is 3.81. The van der Waals surface area contributed by atoms with Crippen LogP contribution in [0.2, 0.25) is 0 Å². The second-order valence-electron chi connectivity index (χ2n) is 6.40. The van der Waals surface area contributed by atoms with E-state index in [1.807, 2.05) is 0 Å². The Hall–Kier alpha value is -0.0400. The molecule has 17 heavy (non-hydrogen) atoms. The van der Waals surface area contributed by atoms with E-state index in [-0.39, 0.29) is 6.10 Å². The van der Waals surface area contributed by atoms with Gasteiger partial charge in [0.05, 0.1) is 6.10 Å². The van der Waals surface area contributed by atoms with Crippen LogP contribution in [0, 0.1) is 11.8 Å². The third-order valence-electron chi connectivity index (χ3n) is 5.04. The van der Waals surface area contributed by atoms with Gasteiger partial charge in [0.2, 0.25) is 0 Å². The highest BCUT2D eigenvalue weighted by molar-refractivity contribution is 4.74. The Morgan fingerprint density at radius 2 is 1.29 bits per heavy atom. The van der Waals surface area contributed by atoms with Crippen molar-refractivity contribution in [2.45, 2.75) is 89.6 Å². The van der Waals surface area contributed by atoms with Gasteiger partial charge in [-0.25, -0.2) is 0 Å². The third kappa shape index (κ3) is 4.62. The lowest BCUT2D eigenvalue weighted by Crippen LogP contribution is -2.21. The van der Waals surface area contributed by atoms with Crippen LogP contribution >= 0.6 is 0 Å². The highest BCUT2D eigenvalue weighted by Gasteiger charge is 2.22. The third-order valence-corrected chi connectivity index (χ3v) is 5.04. The quantitative estimate of drug-likeness (QED) is 0.705. The summed E-state index contributed by atoms with van der Waals surface area (Å²) in [7, 11) is 0. The average molecular weight is 238 g/mol. The number of rotatable bonds is 4. The van der Waals surface area contributed by atoms with Crippen LogP contribution in [-0.4, -0.2) is 11.2 Å². The minimum atomic E-state index is 0.00928. The van der Waals surface area contributed by atoms with Gasteiger partial charge in [-0.05, 0) is 37.5 Å². The first kappa shape index (κ1) is 13.4. The molecule has 0 aromatic heterocycles. The molecule has 2 fully saturated rings. The van der Waals surface area contributed by atoms with Crippen LogP contribution in [0.15, 0.2) is 0 Å². The van der Waals surface area contributed by atoms with Crippen LogP contribution in [0.1, 0.15) is 83.5 Å². The van der Waals surface area contributed by atoms with Crippen LogP contribution in [0.25, 0.3) is 0 Å². The molecular weight excluding hydrogens is 208 g/mol. The minimum absolute atomic E-state index is 0.00928. The molecule has 1 heteroatoms. The smallest absolute Gasteiger partial charge is 0.0568 e. The second kappa shape index (κ2) is 7.41. The summed E-state index contributed by atoms with van der Waals surface area (Å²) in [5, 5.41) is 10.3. The van der Waals surface area contributed by atoms with E-state index >= 15 is 0 Å². The van der Waals surface area contributed by atoms with Gasteiger partial charge in [0.1, 0.15) is 0 Å². The number of aliphatic hydroxyl groups is 1. The summed E-state index contributed by atoms with van der Waals surface area (Å²) in [6.07, 6.45) is 17.6. The Labute approximate surface area is 107 Å². The van der Waals surface area contributed by atoms with Crippen LogP contribution in [0.4, 0.5) is 0 Å². The van der Waals surface area contributed by atoms with Gasteiger partial charge < -0.3 is 5.11 Å². The van der Waals surface area contributed by atoms with E-state index in [2.05, 4.69) is 0 Å². The molecule has 2 aliphatic carbocycles. The predicted octanol–water partition coefficient (Wildman–Crippen LogP) is 4.68. The number of hydrogen-bond donors (Lipinski definition) is 1. The highest BCUT2D eigenvalue weighted by atomic mass is 16.3. The molecule has 0 bridgehead atoms. The van der Waals surface area contributed by atoms with Crippen molar-refractivity contribution in [1.29, 1.82) is 0 Å². The van der Waals surface area contributed by atoms with Crippen molar-refractivity contribution >= 4 is 0 Å². The fraction of sp³-hybridized carbons (Fsp3) is 1.00. The molecule has 0 aromatic rings. The largest absolute Gasteiger partial charge is 0.393 e. The van der Waals surface area contributed by atoms with Crippen LogP contribution in [0.5, 0.6) is 0 Å². The van der Waals surface area contributed by atoms with Gasteiger partial charge in [-0.1, -0.05) is 57.8 Å². The number of hydrogen-bond acceptors (Lipinski definition) is 1. The maximum Gasteiger partial charge on any atom is 0.0568 e. The standard InChI is InChI=1S/C16H30O/c17-16(15-10-6-1-2-7-11-15)13-12-14-8-4-3-5-9-14/h14-17H,1-13H2. The Morgan fingerprint density at radius 1 is 0.765 bits per heavy atom. The first-order chi connectivity index (χ1) is 8.36. The molecule has 100 valence electrons. The summed E-state index contributed by atoms with van der Waals surface area (Å²) in [5.41, 5.74) is 0. The van der Waals surface area contributed by atoms with Gasteiger partial charge in [-0.3, -0.25) is 0 Å². The van der Waals surface area contributed by atoms with Crippen LogP contribution in [-0.2, 0) is 0 Å². The maximum absolute atomic E-state index is 10.3. The van der Waals surface area contributed by atoms with Crippen molar-refractivity contribution in [1.82, 2.24) is 0 Å². The lowest BCUT2D eigenvalue weighted by atomic mass is 9.83. The fourth-order valence-electron chi connectivity index (χ4n) is 3.81. The van der Waals surface area contributed by atoms with Crippen molar-refractivity contribution in [2.24, 2.45) is 11.8 Å². The summed E-state index contributed by atoms with van der Waals surface area (Å²) in [5.74, 6) is 1.56. The molecule has 1 unspecified atom stereocenters. The lowest BCUT2D eigenvalue weighted by Gasteiger charge is -2.25. The van der Waals surface area contributed by atoms with E-state index in [4.69, 9.17) is 0 Å². The van der Waals surface area contributed by atoms with E-state index in [1.165, 1.54) is 77.0 Å². The molecule has 2 saturated carbocycles.